The summed E-state index contributed by atoms with van der Waals surface area (Å²) in [5, 5.41) is 13.2. The number of aliphatic hydroxyl groups is 1. The first kappa shape index (κ1) is 14.4. The van der Waals surface area contributed by atoms with Crippen LogP contribution in [0.2, 0.25) is 0 Å². The van der Waals surface area contributed by atoms with Crippen LogP contribution in [0.3, 0.4) is 0 Å². The Morgan fingerprint density at radius 2 is 2.10 bits per heavy atom. The maximum atomic E-state index is 12.2. The van der Waals surface area contributed by atoms with Gasteiger partial charge in [-0.15, -0.1) is 0 Å². The average molecular weight is 289 g/mol. The van der Waals surface area contributed by atoms with E-state index in [2.05, 4.69) is 11.4 Å². The molecule has 1 fully saturated rings. The van der Waals surface area contributed by atoms with Gasteiger partial charge < -0.3 is 21.1 Å². The SMILES string of the molecule is CC(C)C1(O)CN(C(=O)N[C@@H]2Cc3ccccc3[C@H]2N)C1. The third-order valence-corrected chi connectivity index (χ3v) is 4.89. The van der Waals surface area contributed by atoms with Crippen molar-refractivity contribution in [1.29, 1.82) is 0 Å². The van der Waals surface area contributed by atoms with Crippen LogP contribution in [0.15, 0.2) is 24.3 Å². The fourth-order valence-electron chi connectivity index (χ4n) is 3.14. The van der Waals surface area contributed by atoms with Crippen molar-refractivity contribution in [3.63, 3.8) is 0 Å². The highest BCUT2D eigenvalue weighted by Crippen LogP contribution is 2.31. The monoisotopic (exact) mass is 289 g/mol. The number of likely N-dealkylation sites (tertiary alicyclic amines) is 1. The summed E-state index contributed by atoms with van der Waals surface area (Å²) in [4.78, 5) is 13.9. The van der Waals surface area contributed by atoms with Crippen molar-refractivity contribution in [2.75, 3.05) is 13.1 Å². The second-order valence-corrected chi connectivity index (χ2v) is 6.60. The predicted octanol–water partition coefficient (Wildman–Crippen LogP) is 1.02. The van der Waals surface area contributed by atoms with E-state index < -0.39 is 5.60 Å². The van der Waals surface area contributed by atoms with Gasteiger partial charge in [0.05, 0.1) is 25.2 Å². The summed E-state index contributed by atoms with van der Waals surface area (Å²) in [6.45, 7) is 4.73. The molecule has 1 aromatic rings. The Hall–Kier alpha value is -1.59. The minimum Gasteiger partial charge on any atom is -0.386 e. The molecule has 1 heterocycles. The van der Waals surface area contributed by atoms with Crippen LogP contribution in [0.25, 0.3) is 0 Å². The normalized spacial score (nSPS) is 26.4. The summed E-state index contributed by atoms with van der Waals surface area (Å²) in [6, 6.07) is 7.69. The molecule has 0 aromatic heterocycles. The summed E-state index contributed by atoms with van der Waals surface area (Å²) in [7, 11) is 0. The molecule has 5 heteroatoms. The molecule has 21 heavy (non-hydrogen) atoms. The van der Waals surface area contributed by atoms with Crippen LogP contribution >= 0.6 is 0 Å². The summed E-state index contributed by atoms with van der Waals surface area (Å²) in [5.41, 5.74) is 7.80. The number of urea groups is 1. The smallest absolute Gasteiger partial charge is 0.317 e. The van der Waals surface area contributed by atoms with Crippen LogP contribution in [0.4, 0.5) is 4.79 Å². The molecule has 1 saturated heterocycles. The van der Waals surface area contributed by atoms with E-state index in [1.807, 2.05) is 32.0 Å². The molecule has 0 saturated carbocycles. The van der Waals surface area contributed by atoms with Gasteiger partial charge in [0.25, 0.3) is 0 Å². The van der Waals surface area contributed by atoms with Crippen LogP contribution in [-0.4, -0.2) is 40.8 Å². The van der Waals surface area contributed by atoms with Gasteiger partial charge >= 0.3 is 6.03 Å². The third kappa shape index (κ3) is 2.40. The lowest BCUT2D eigenvalue weighted by molar-refractivity contribution is -0.108. The van der Waals surface area contributed by atoms with Crippen molar-refractivity contribution < 1.29 is 9.90 Å². The zero-order valence-corrected chi connectivity index (χ0v) is 12.5. The number of carbonyl (C=O) groups excluding carboxylic acids is 1. The molecule has 0 spiro atoms. The predicted molar refractivity (Wildman–Crippen MR) is 80.8 cm³/mol. The molecule has 3 rings (SSSR count). The van der Waals surface area contributed by atoms with Crippen LogP contribution in [0.1, 0.15) is 31.0 Å². The summed E-state index contributed by atoms with van der Waals surface area (Å²) in [5.74, 6) is 0.152. The van der Waals surface area contributed by atoms with Gasteiger partial charge in [0.1, 0.15) is 5.60 Å². The number of nitrogens with one attached hydrogen (secondary N) is 1. The lowest BCUT2D eigenvalue weighted by Crippen LogP contribution is -2.68. The molecule has 1 aliphatic heterocycles. The second kappa shape index (κ2) is 5.00. The maximum absolute atomic E-state index is 12.2. The van der Waals surface area contributed by atoms with Crippen molar-refractivity contribution in [2.45, 2.75) is 38.0 Å². The zero-order chi connectivity index (χ0) is 15.2. The van der Waals surface area contributed by atoms with E-state index >= 15 is 0 Å². The molecule has 2 amide bonds. The Morgan fingerprint density at radius 1 is 1.43 bits per heavy atom. The van der Waals surface area contributed by atoms with Crippen LogP contribution in [0.5, 0.6) is 0 Å². The first-order valence-electron chi connectivity index (χ1n) is 7.52. The third-order valence-electron chi connectivity index (χ3n) is 4.89. The van der Waals surface area contributed by atoms with Gasteiger partial charge in [0, 0.05) is 0 Å². The van der Waals surface area contributed by atoms with Gasteiger partial charge in [-0.05, 0) is 23.5 Å². The van der Waals surface area contributed by atoms with Gasteiger partial charge in [-0.25, -0.2) is 4.79 Å². The highest BCUT2D eigenvalue weighted by molar-refractivity contribution is 5.76. The molecule has 0 bridgehead atoms. The van der Waals surface area contributed by atoms with E-state index in [-0.39, 0.29) is 24.0 Å². The summed E-state index contributed by atoms with van der Waals surface area (Å²) >= 11 is 0. The minimum absolute atomic E-state index is 0.0670. The second-order valence-electron chi connectivity index (χ2n) is 6.60. The molecule has 2 atom stereocenters. The highest BCUT2D eigenvalue weighted by atomic mass is 16.3. The number of β-amino-alcohol motifs (C(OH)–C–C–N with tert-alkyl or cyclic N) is 1. The van der Waals surface area contributed by atoms with Crippen molar-refractivity contribution in [1.82, 2.24) is 10.2 Å². The number of nitrogens with two attached hydrogens (primary N) is 1. The molecule has 0 unspecified atom stereocenters. The summed E-state index contributed by atoms with van der Waals surface area (Å²) in [6.07, 6.45) is 0.769. The minimum atomic E-state index is -0.738. The fraction of sp³-hybridized carbons (Fsp3) is 0.562. The average Bonchev–Trinajstić information content (AvgIpc) is 2.72. The van der Waals surface area contributed by atoms with Crippen molar-refractivity contribution in [3.05, 3.63) is 35.4 Å². The molecule has 5 nitrogen and oxygen atoms in total. The highest BCUT2D eigenvalue weighted by Gasteiger charge is 2.46. The van der Waals surface area contributed by atoms with Crippen LogP contribution in [-0.2, 0) is 6.42 Å². The van der Waals surface area contributed by atoms with E-state index in [1.165, 1.54) is 5.56 Å². The first-order valence-corrected chi connectivity index (χ1v) is 7.52. The lowest BCUT2D eigenvalue weighted by atomic mass is 9.83. The lowest BCUT2D eigenvalue weighted by Gasteiger charge is -2.49. The molecule has 2 aliphatic rings. The molecule has 1 aliphatic carbocycles. The van der Waals surface area contributed by atoms with Gasteiger partial charge in [0.2, 0.25) is 0 Å². The number of carbonyl (C=O) groups is 1. The van der Waals surface area contributed by atoms with E-state index in [9.17, 15) is 9.90 Å². The van der Waals surface area contributed by atoms with E-state index in [1.54, 1.807) is 4.90 Å². The van der Waals surface area contributed by atoms with E-state index in [0.29, 0.717) is 13.1 Å². The number of fused-ring (bicyclic) bond motifs is 1. The van der Waals surface area contributed by atoms with Gasteiger partial charge in [-0.2, -0.15) is 0 Å². The number of rotatable bonds is 2. The van der Waals surface area contributed by atoms with Crippen LogP contribution < -0.4 is 11.1 Å². The Kier molecular flexibility index (Phi) is 3.42. The van der Waals surface area contributed by atoms with Gasteiger partial charge in [-0.1, -0.05) is 38.1 Å². The molecule has 114 valence electrons. The Balaban J connectivity index is 1.59. The fourth-order valence-corrected chi connectivity index (χ4v) is 3.14. The molecule has 1 aromatic carbocycles. The molecule has 0 radical (unpaired) electrons. The Morgan fingerprint density at radius 3 is 2.71 bits per heavy atom. The zero-order valence-electron chi connectivity index (χ0n) is 12.5. The van der Waals surface area contributed by atoms with Gasteiger partial charge in [0.15, 0.2) is 0 Å². The number of amides is 2. The number of hydrogen-bond acceptors (Lipinski definition) is 3. The van der Waals surface area contributed by atoms with Crippen molar-refractivity contribution in [2.24, 2.45) is 11.7 Å². The molecular formula is C16H23N3O2. The van der Waals surface area contributed by atoms with Crippen molar-refractivity contribution >= 4 is 6.03 Å². The topological polar surface area (TPSA) is 78.6 Å². The van der Waals surface area contributed by atoms with Crippen LogP contribution in [0, 0.1) is 5.92 Å². The maximum Gasteiger partial charge on any atom is 0.317 e. The van der Waals surface area contributed by atoms with Gasteiger partial charge in [-0.3, -0.25) is 0 Å². The largest absolute Gasteiger partial charge is 0.386 e. The number of nitrogens with zero attached hydrogens (tertiary/aromatic N) is 1. The number of benzene rings is 1. The standard InChI is InChI=1S/C16H23N3O2/c1-10(2)16(21)8-19(9-16)15(20)18-13-7-11-5-3-4-6-12(11)14(13)17/h3-6,10,13-14,21H,7-9,17H2,1-2H3,(H,18,20)/t13-,14-/m1/s1. The Bertz CT molecular complexity index is 552. The number of hydrogen-bond donors (Lipinski definition) is 3. The van der Waals surface area contributed by atoms with E-state index in [0.717, 1.165) is 12.0 Å². The summed E-state index contributed by atoms with van der Waals surface area (Å²) < 4.78 is 0. The van der Waals surface area contributed by atoms with E-state index in [4.69, 9.17) is 5.73 Å². The Labute approximate surface area is 125 Å². The quantitative estimate of drug-likeness (QED) is 0.760. The van der Waals surface area contributed by atoms with Crippen molar-refractivity contribution in [3.8, 4) is 0 Å². The first-order chi connectivity index (χ1) is 9.90. The molecular weight excluding hydrogens is 266 g/mol. The molecule has 4 N–H and O–H groups in total.